The first kappa shape index (κ1) is 9.60. The van der Waals surface area contributed by atoms with E-state index >= 15 is 0 Å². The molecule has 70 valence electrons. The SMILES string of the molecule is CC(O)(C(=O)O)c1ccncc1F. The van der Waals surface area contributed by atoms with Crippen molar-refractivity contribution >= 4 is 5.97 Å². The summed E-state index contributed by atoms with van der Waals surface area (Å²) in [7, 11) is 0. The van der Waals surface area contributed by atoms with E-state index in [0.717, 1.165) is 19.2 Å². The molecule has 0 amide bonds. The molecule has 1 aromatic rings. The summed E-state index contributed by atoms with van der Waals surface area (Å²) in [5.41, 5.74) is -2.51. The summed E-state index contributed by atoms with van der Waals surface area (Å²) in [6.07, 6.45) is 2.07. The fourth-order valence-corrected chi connectivity index (χ4v) is 0.885. The van der Waals surface area contributed by atoms with Crippen LogP contribution < -0.4 is 0 Å². The molecule has 1 rings (SSSR count). The first-order valence-corrected chi connectivity index (χ1v) is 3.52. The topological polar surface area (TPSA) is 70.4 Å². The fraction of sp³-hybridized carbons (Fsp3) is 0.250. The van der Waals surface area contributed by atoms with Gasteiger partial charge in [-0.3, -0.25) is 4.98 Å². The van der Waals surface area contributed by atoms with Crippen LogP contribution in [0.15, 0.2) is 18.5 Å². The minimum Gasteiger partial charge on any atom is -0.479 e. The number of carboxylic acids is 1. The average molecular weight is 185 g/mol. The van der Waals surface area contributed by atoms with Crippen molar-refractivity contribution in [3.63, 3.8) is 0 Å². The smallest absolute Gasteiger partial charge is 0.340 e. The third kappa shape index (κ3) is 1.65. The van der Waals surface area contributed by atoms with Crippen molar-refractivity contribution in [2.75, 3.05) is 0 Å². The van der Waals surface area contributed by atoms with Gasteiger partial charge in [0.25, 0.3) is 0 Å². The second-order valence-electron chi connectivity index (χ2n) is 2.73. The Kier molecular flexibility index (Phi) is 2.29. The van der Waals surface area contributed by atoms with Gasteiger partial charge in [-0.05, 0) is 13.0 Å². The highest BCUT2D eigenvalue weighted by Gasteiger charge is 2.34. The predicted molar refractivity (Wildman–Crippen MR) is 41.4 cm³/mol. The zero-order chi connectivity index (χ0) is 10.1. The molecule has 0 aliphatic heterocycles. The monoisotopic (exact) mass is 185 g/mol. The van der Waals surface area contributed by atoms with Crippen molar-refractivity contribution < 1.29 is 19.4 Å². The van der Waals surface area contributed by atoms with Crippen LogP contribution in [0.5, 0.6) is 0 Å². The van der Waals surface area contributed by atoms with E-state index in [1.807, 2.05) is 0 Å². The van der Waals surface area contributed by atoms with Crippen LogP contribution in [0.2, 0.25) is 0 Å². The summed E-state index contributed by atoms with van der Waals surface area (Å²) in [6, 6.07) is 1.13. The Balaban J connectivity index is 3.22. The molecule has 0 saturated heterocycles. The normalized spacial score (nSPS) is 15.0. The molecule has 0 aliphatic carbocycles. The van der Waals surface area contributed by atoms with Gasteiger partial charge in [0, 0.05) is 11.8 Å². The number of aromatic nitrogens is 1. The first-order chi connectivity index (χ1) is 5.96. The van der Waals surface area contributed by atoms with E-state index < -0.39 is 17.4 Å². The highest BCUT2D eigenvalue weighted by atomic mass is 19.1. The van der Waals surface area contributed by atoms with Gasteiger partial charge in [-0.25, -0.2) is 9.18 Å². The van der Waals surface area contributed by atoms with Crippen LogP contribution in [0.1, 0.15) is 12.5 Å². The zero-order valence-corrected chi connectivity index (χ0v) is 6.86. The van der Waals surface area contributed by atoms with E-state index in [1.165, 1.54) is 6.20 Å². The maximum absolute atomic E-state index is 13.0. The molecule has 0 aromatic carbocycles. The quantitative estimate of drug-likeness (QED) is 0.704. The van der Waals surface area contributed by atoms with Crippen molar-refractivity contribution in [2.24, 2.45) is 0 Å². The largest absolute Gasteiger partial charge is 0.479 e. The summed E-state index contributed by atoms with van der Waals surface area (Å²) < 4.78 is 13.0. The lowest BCUT2D eigenvalue weighted by molar-refractivity contribution is -0.157. The third-order valence-electron chi connectivity index (χ3n) is 1.71. The second-order valence-corrected chi connectivity index (χ2v) is 2.73. The number of pyridine rings is 1. The molecule has 1 atom stereocenters. The molecule has 4 nitrogen and oxygen atoms in total. The molecule has 0 radical (unpaired) electrons. The number of aliphatic hydroxyl groups is 1. The number of aliphatic carboxylic acids is 1. The van der Waals surface area contributed by atoms with Gasteiger partial charge >= 0.3 is 5.97 Å². The molecule has 1 unspecified atom stereocenters. The van der Waals surface area contributed by atoms with Crippen LogP contribution in [0.25, 0.3) is 0 Å². The molecule has 0 saturated carbocycles. The van der Waals surface area contributed by atoms with Crippen LogP contribution in [0.4, 0.5) is 4.39 Å². The standard InChI is InChI=1S/C8H8FNO3/c1-8(13,7(11)12)5-2-3-10-4-6(5)9/h2-4,13H,1H3,(H,11,12). The molecule has 5 heteroatoms. The molecule has 0 fully saturated rings. The van der Waals surface area contributed by atoms with Gasteiger partial charge in [-0.2, -0.15) is 0 Å². The molecule has 13 heavy (non-hydrogen) atoms. The number of halogens is 1. The lowest BCUT2D eigenvalue weighted by atomic mass is 9.97. The predicted octanol–water partition coefficient (Wildman–Crippen LogP) is 0.513. The number of hydrogen-bond acceptors (Lipinski definition) is 3. The lowest BCUT2D eigenvalue weighted by Crippen LogP contribution is -2.32. The van der Waals surface area contributed by atoms with Crippen molar-refractivity contribution in [1.82, 2.24) is 4.98 Å². The molecule has 1 aromatic heterocycles. The van der Waals surface area contributed by atoms with Gasteiger partial charge in [0.2, 0.25) is 0 Å². The molecule has 1 heterocycles. The van der Waals surface area contributed by atoms with Gasteiger partial charge in [0.05, 0.1) is 6.20 Å². The Morgan fingerprint density at radius 3 is 2.77 bits per heavy atom. The first-order valence-electron chi connectivity index (χ1n) is 3.52. The van der Waals surface area contributed by atoms with E-state index in [1.54, 1.807) is 0 Å². The fourth-order valence-electron chi connectivity index (χ4n) is 0.885. The number of carboxylic acid groups (broad SMARTS) is 1. The van der Waals surface area contributed by atoms with Crippen LogP contribution >= 0.6 is 0 Å². The minimum atomic E-state index is -2.22. The highest BCUT2D eigenvalue weighted by molar-refractivity contribution is 5.78. The van der Waals surface area contributed by atoms with Crippen molar-refractivity contribution in [2.45, 2.75) is 12.5 Å². The second kappa shape index (κ2) is 3.10. The van der Waals surface area contributed by atoms with Crippen LogP contribution in [0, 0.1) is 5.82 Å². The minimum absolute atomic E-state index is 0.296. The molecule has 0 bridgehead atoms. The molecular weight excluding hydrogens is 177 g/mol. The van der Waals surface area contributed by atoms with Gasteiger partial charge in [-0.1, -0.05) is 0 Å². The maximum Gasteiger partial charge on any atom is 0.340 e. The van der Waals surface area contributed by atoms with Gasteiger partial charge < -0.3 is 10.2 Å². The van der Waals surface area contributed by atoms with E-state index in [2.05, 4.69) is 4.98 Å². The Labute approximate surface area is 73.7 Å². The van der Waals surface area contributed by atoms with Crippen LogP contribution in [-0.2, 0) is 10.4 Å². The van der Waals surface area contributed by atoms with E-state index in [9.17, 15) is 14.3 Å². The van der Waals surface area contributed by atoms with E-state index in [0.29, 0.717) is 0 Å². The van der Waals surface area contributed by atoms with Crippen LogP contribution in [-0.4, -0.2) is 21.2 Å². The van der Waals surface area contributed by atoms with Gasteiger partial charge in [-0.15, -0.1) is 0 Å². The van der Waals surface area contributed by atoms with Crippen molar-refractivity contribution in [1.29, 1.82) is 0 Å². The third-order valence-corrected chi connectivity index (χ3v) is 1.71. The molecule has 0 aliphatic rings. The van der Waals surface area contributed by atoms with Crippen LogP contribution in [0.3, 0.4) is 0 Å². The number of rotatable bonds is 2. The number of hydrogen-bond donors (Lipinski definition) is 2. The Morgan fingerprint density at radius 1 is 1.69 bits per heavy atom. The van der Waals surface area contributed by atoms with E-state index in [-0.39, 0.29) is 5.56 Å². The lowest BCUT2D eigenvalue weighted by Gasteiger charge is -2.18. The maximum atomic E-state index is 13.0. The average Bonchev–Trinajstić information content (AvgIpc) is 2.04. The van der Waals surface area contributed by atoms with Crippen molar-refractivity contribution in [3.8, 4) is 0 Å². The summed E-state index contributed by atoms with van der Waals surface area (Å²) in [5, 5.41) is 18.0. The Bertz CT molecular complexity index is 338. The Morgan fingerprint density at radius 2 is 2.31 bits per heavy atom. The Hall–Kier alpha value is -1.49. The van der Waals surface area contributed by atoms with E-state index in [4.69, 9.17) is 5.11 Å². The summed E-state index contributed by atoms with van der Waals surface area (Å²) in [4.78, 5) is 14.0. The van der Waals surface area contributed by atoms with Crippen molar-refractivity contribution in [3.05, 3.63) is 29.8 Å². The zero-order valence-electron chi connectivity index (χ0n) is 6.86. The summed E-state index contributed by atoms with van der Waals surface area (Å²) in [6.45, 7) is 1.01. The molecular formula is C8H8FNO3. The summed E-state index contributed by atoms with van der Waals surface area (Å²) >= 11 is 0. The molecule has 2 N–H and O–H groups in total. The molecule has 0 spiro atoms. The highest BCUT2D eigenvalue weighted by Crippen LogP contribution is 2.22. The summed E-state index contributed by atoms with van der Waals surface area (Å²) in [5.74, 6) is -2.34. The van der Waals surface area contributed by atoms with Gasteiger partial charge in [0.15, 0.2) is 5.60 Å². The number of carbonyl (C=O) groups is 1. The van der Waals surface area contributed by atoms with Gasteiger partial charge in [0.1, 0.15) is 5.82 Å². The number of nitrogens with zero attached hydrogens (tertiary/aromatic N) is 1.